The fourth-order valence-corrected chi connectivity index (χ4v) is 1.94. The third-order valence-corrected chi connectivity index (χ3v) is 2.83. The standard InChI is InChI=1S/C13H15BrN2O4/c1-3-4-11(12(17)18)16-13(19)15-9-5-8(14)6-10(7-9)20-2/h3,5-7,11H,1,4H2,2H3,(H,17,18)(H2,15,16,19). The first-order valence-corrected chi connectivity index (χ1v) is 6.51. The molecule has 0 heterocycles. The molecule has 2 amide bonds. The van der Waals surface area contributed by atoms with Crippen LogP contribution in [-0.2, 0) is 4.79 Å². The van der Waals surface area contributed by atoms with Gasteiger partial charge in [-0.05, 0) is 18.6 Å². The molecule has 1 atom stereocenters. The number of carbonyl (C=O) groups excluding carboxylic acids is 1. The van der Waals surface area contributed by atoms with Gasteiger partial charge in [0.1, 0.15) is 11.8 Å². The molecule has 1 aromatic carbocycles. The zero-order chi connectivity index (χ0) is 15.1. The van der Waals surface area contributed by atoms with Gasteiger partial charge in [0, 0.05) is 16.2 Å². The van der Waals surface area contributed by atoms with Crippen molar-refractivity contribution in [3.63, 3.8) is 0 Å². The van der Waals surface area contributed by atoms with Gasteiger partial charge in [-0.2, -0.15) is 0 Å². The maximum atomic E-state index is 11.7. The summed E-state index contributed by atoms with van der Waals surface area (Å²) in [6.45, 7) is 3.45. The number of carboxylic acids is 1. The van der Waals surface area contributed by atoms with Gasteiger partial charge in [-0.25, -0.2) is 9.59 Å². The second kappa shape index (κ2) is 7.54. The molecular formula is C13H15BrN2O4. The normalized spacial score (nSPS) is 11.3. The van der Waals surface area contributed by atoms with Crippen LogP contribution < -0.4 is 15.4 Å². The van der Waals surface area contributed by atoms with Gasteiger partial charge in [-0.15, -0.1) is 6.58 Å². The molecule has 0 fully saturated rings. The summed E-state index contributed by atoms with van der Waals surface area (Å²) in [5.74, 6) is -0.553. The van der Waals surface area contributed by atoms with Crippen molar-refractivity contribution in [2.75, 3.05) is 12.4 Å². The molecule has 7 heteroatoms. The molecule has 0 saturated heterocycles. The lowest BCUT2D eigenvalue weighted by Crippen LogP contribution is -2.42. The van der Waals surface area contributed by atoms with E-state index < -0.39 is 18.0 Å². The van der Waals surface area contributed by atoms with Gasteiger partial charge in [0.25, 0.3) is 0 Å². The lowest BCUT2D eigenvalue weighted by atomic mass is 10.2. The number of anilines is 1. The zero-order valence-electron chi connectivity index (χ0n) is 10.9. The number of methoxy groups -OCH3 is 1. The van der Waals surface area contributed by atoms with E-state index in [2.05, 4.69) is 33.1 Å². The number of benzene rings is 1. The first kappa shape index (κ1) is 16.0. The second-order valence-corrected chi connectivity index (χ2v) is 4.81. The number of nitrogens with one attached hydrogen (secondary N) is 2. The average Bonchev–Trinajstić information content (AvgIpc) is 2.37. The molecule has 0 aliphatic rings. The molecule has 1 aromatic rings. The molecule has 1 rings (SSSR count). The third-order valence-electron chi connectivity index (χ3n) is 2.37. The first-order valence-electron chi connectivity index (χ1n) is 5.72. The van der Waals surface area contributed by atoms with E-state index in [0.29, 0.717) is 11.4 Å². The fourth-order valence-electron chi connectivity index (χ4n) is 1.47. The molecule has 0 spiro atoms. The molecule has 0 bridgehead atoms. The van der Waals surface area contributed by atoms with Crippen molar-refractivity contribution in [2.24, 2.45) is 0 Å². The Morgan fingerprint density at radius 1 is 1.50 bits per heavy atom. The molecule has 0 saturated carbocycles. The number of carboxylic acid groups (broad SMARTS) is 1. The summed E-state index contributed by atoms with van der Waals surface area (Å²) in [6.07, 6.45) is 1.58. The van der Waals surface area contributed by atoms with Crippen LogP contribution in [0, 0.1) is 0 Å². The second-order valence-electron chi connectivity index (χ2n) is 3.89. The Bertz CT molecular complexity index is 519. The summed E-state index contributed by atoms with van der Waals surface area (Å²) >= 11 is 3.28. The van der Waals surface area contributed by atoms with E-state index in [9.17, 15) is 9.59 Å². The molecule has 3 N–H and O–H groups in total. The van der Waals surface area contributed by atoms with Crippen LogP contribution in [0.2, 0.25) is 0 Å². The maximum Gasteiger partial charge on any atom is 0.326 e. The van der Waals surface area contributed by atoms with Crippen molar-refractivity contribution >= 4 is 33.6 Å². The van der Waals surface area contributed by atoms with E-state index in [4.69, 9.17) is 9.84 Å². The minimum atomic E-state index is -1.12. The van der Waals surface area contributed by atoms with Gasteiger partial charge in [0.2, 0.25) is 0 Å². The van der Waals surface area contributed by atoms with E-state index in [-0.39, 0.29) is 6.42 Å². The number of urea groups is 1. The number of hydrogen-bond donors (Lipinski definition) is 3. The van der Waals surface area contributed by atoms with Crippen molar-refractivity contribution in [1.82, 2.24) is 5.32 Å². The van der Waals surface area contributed by atoms with E-state index in [1.54, 1.807) is 18.2 Å². The molecule has 0 aromatic heterocycles. The van der Waals surface area contributed by atoms with Crippen molar-refractivity contribution in [1.29, 1.82) is 0 Å². The molecule has 0 radical (unpaired) electrons. The van der Waals surface area contributed by atoms with Crippen molar-refractivity contribution in [2.45, 2.75) is 12.5 Å². The highest BCUT2D eigenvalue weighted by molar-refractivity contribution is 9.10. The number of carbonyl (C=O) groups is 2. The molecule has 6 nitrogen and oxygen atoms in total. The molecule has 20 heavy (non-hydrogen) atoms. The number of rotatable bonds is 6. The smallest absolute Gasteiger partial charge is 0.326 e. The topological polar surface area (TPSA) is 87.7 Å². The highest BCUT2D eigenvalue weighted by Gasteiger charge is 2.18. The summed E-state index contributed by atoms with van der Waals surface area (Å²) in [4.78, 5) is 22.7. The highest BCUT2D eigenvalue weighted by Crippen LogP contribution is 2.24. The predicted molar refractivity (Wildman–Crippen MR) is 79.1 cm³/mol. The number of hydrogen-bond acceptors (Lipinski definition) is 3. The molecule has 0 aliphatic carbocycles. The van der Waals surface area contributed by atoms with Crippen molar-refractivity contribution in [3.8, 4) is 5.75 Å². The predicted octanol–water partition coefficient (Wildman–Crippen LogP) is 2.61. The zero-order valence-corrected chi connectivity index (χ0v) is 12.4. The van der Waals surface area contributed by atoms with Gasteiger partial charge in [0.05, 0.1) is 7.11 Å². The van der Waals surface area contributed by atoms with Gasteiger partial charge < -0.3 is 20.5 Å². The Kier molecular flexibility index (Phi) is 6.05. The van der Waals surface area contributed by atoms with Crippen LogP contribution in [0.3, 0.4) is 0 Å². The minimum absolute atomic E-state index is 0.143. The molecular weight excluding hydrogens is 328 g/mol. The van der Waals surface area contributed by atoms with Crippen LogP contribution >= 0.6 is 15.9 Å². The van der Waals surface area contributed by atoms with Crippen LogP contribution in [0.5, 0.6) is 5.75 Å². The number of ether oxygens (including phenoxy) is 1. The maximum absolute atomic E-state index is 11.7. The average molecular weight is 343 g/mol. The van der Waals surface area contributed by atoms with E-state index in [1.807, 2.05) is 0 Å². The number of amides is 2. The van der Waals surface area contributed by atoms with E-state index in [1.165, 1.54) is 13.2 Å². The van der Waals surface area contributed by atoms with E-state index >= 15 is 0 Å². The SMILES string of the molecule is C=CCC(NC(=O)Nc1cc(Br)cc(OC)c1)C(=O)O. The largest absolute Gasteiger partial charge is 0.497 e. The van der Waals surface area contributed by atoms with Crippen molar-refractivity contribution in [3.05, 3.63) is 35.3 Å². The Labute approximate surface area is 124 Å². The summed E-state index contributed by atoms with van der Waals surface area (Å²) in [5, 5.41) is 13.8. The first-order chi connectivity index (χ1) is 9.46. The van der Waals surface area contributed by atoms with Crippen LogP contribution in [0.1, 0.15) is 6.42 Å². The van der Waals surface area contributed by atoms with Crippen LogP contribution in [-0.4, -0.2) is 30.3 Å². The van der Waals surface area contributed by atoms with Crippen LogP contribution in [0.25, 0.3) is 0 Å². The van der Waals surface area contributed by atoms with Gasteiger partial charge in [0.15, 0.2) is 0 Å². The Hall–Kier alpha value is -2.02. The van der Waals surface area contributed by atoms with Gasteiger partial charge >= 0.3 is 12.0 Å². The Balaban J connectivity index is 2.72. The Morgan fingerprint density at radius 3 is 2.75 bits per heavy atom. The van der Waals surface area contributed by atoms with Crippen LogP contribution in [0.4, 0.5) is 10.5 Å². The van der Waals surface area contributed by atoms with Crippen molar-refractivity contribution < 1.29 is 19.4 Å². The highest BCUT2D eigenvalue weighted by atomic mass is 79.9. The fraction of sp³-hybridized carbons (Fsp3) is 0.231. The summed E-state index contributed by atoms with van der Waals surface area (Å²) in [5.41, 5.74) is 0.483. The quantitative estimate of drug-likeness (QED) is 0.693. The summed E-state index contributed by atoms with van der Waals surface area (Å²) in [7, 11) is 1.51. The molecule has 108 valence electrons. The lowest BCUT2D eigenvalue weighted by Gasteiger charge is -2.14. The summed E-state index contributed by atoms with van der Waals surface area (Å²) < 4.78 is 5.80. The monoisotopic (exact) mass is 342 g/mol. The van der Waals surface area contributed by atoms with E-state index in [0.717, 1.165) is 4.47 Å². The third kappa shape index (κ3) is 4.93. The number of aliphatic carboxylic acids is 1. The van der Waals surface area contributed by atoms with Gasteiger partial charge in [-0.1, -0.05) is 22.0 Å². The van der Waals surface area contributed by atoms with Gasteiger partial charge in [-0.3, -0.25) is 0 Å². The number of halogens is 1. The summed E-state index contributed by atoms with van der Waals surface area (Å²) in [6, 6.07) is 3.40. The Morgan fingerprint density at radius 2 is 2.20 bits per heavy atom. The van der Waals surface area contributed by atoms with Crippen LogP contribution in [0.15, 0.2) is 35.3 Å². The lowest BCUT2D eigenvalue weighted by molar-refractivity contribution is -0.139. The minimum Gasteiger partial charge on any atom is -0.497 e. The molecule has 1 unspecified atom stereocenters. The molecule has 0 aliphatic heterocycles.